The molecule has 4 rings (SSSR count). The predicted molar refractivity (Wildman–Crippen MR) is 166 cm³/mol. The van der Waals surface area contributed by atoms with Gasteiger partial charge < -0.3 is 19.7 Å². The molecule has 1 atom stereocenters. The van der Waals surface area contributed by atoms with Crippen LogP contribution in [0.3, 0.4) is 0 Å². The zero-order chi connectivity index (χ0) is 30.1. The Labute approximate surface area is 256 Å². The number of rotatable bonds is 13. The Hall–Kier alpha value is -3.57. The third-order valence-electron chi connectivity index (χ3n) is 6.88. The number of anilines is 1. The summed E-state index contributed by atoms with van der Waals surface area (Å²) in [5.41, 5.74) is 1.97. The van der Waals surface area contributed by atoms with Crippen LogP contribution in [0.5, 0.6) is 11.5 Å². The summed E-state index contributed by atoms with van der Waals surface area (Å²) in [4.78, 5) is 29.3. The highest BCUT2D eigenvalue weighted by molar-refractivity contribution is 9.10. The molecule has 0 fully saturated rings. The number of hydrogen-bond acceptors (Lipinski definition) is 6. The number of sulfonamides is 1. The lowest BCUT2D eigenvalue weighted by molar-refractivity contribution is -0.140. The molecule has 0 aromatic heterocycles. The van der Waals surface area contributed by atoms with Gasteiger partial charge in [-0.05, 0) is 48.7 Å². The molecule has 3 aromatic carbocycles. The Morgan fingerprint density at radius 1 is 0.929 bits per heavy atom. The Balaban J connectivity index is 1.73. The van der Waals surface area contributed by atoms with Crippen molar-refractivity contribution in [1.29, 1.82) is 0 Å². The van der Waals surface area contributed by atoms with Gasteiger partial charge in [0.25, 0.3) is 0 Å². The van der Waals surface area contributed by atoms with Crippen molar-refractivity contribution >= 4 is 43.5 Å². The number of carbonyl (C=O) groups is 2. The second-order valence-corrected chi connectivity index (χ2v) is 13.0. The smallest absolute Gasteiger partial charge is 0.244 e. The first-order valence-corrected chi connectivity index (χ1v) is 16.4. The van der Waals surface area contributed by atoms with Crippen molar-refractivity contribution in [3.63, 3.8) is 0 Å². The first kappa shape index (κ1) is 31.4. The lowest BCUT2D eigenvalue weighted by Crippen LogP contribution is -2.53. The maximum Gasteiger partial charge on any atom is 0.244 e. The molecular weight excluding hydrogens is 622 g/mol. The van der Waals surface area contributed by atoms with Gasteiger partial charge in [-0.1, -0.05) is 65.3 Å². The van der Waals surface area contributed by atoms with Crippen LogP contribution in [-0.2, 0) is 32.6 Å². The third-order valence-corrected chi connectivity index (χ3v) is 9.15. The van der Waals surface area contributed by atoms with Crippen LogP contribution in [0.4, 0.5) is 5.69 Å². The summed E-state index contributed by atoms with van der Waals surface area (Å²) in [7, 11) is -3.88. The van der Waals surface area contributed by atoms with E-state index in [1.54, 1.807) is 18.2 Å². The highest BCUT2D eigenvalue weighted by Crippen LogP contribution is 2.35. The van der Waals surface area contributed by atoms with Gasteiger partial charge in [-0.25, -0.2) is 8.42 Å². The normalized spacial score (nSPS) is 13.2. The maximum absolute atomic E-state index is 14.2. The number of nitrogens with one attached hydrogen (secondary N) is 1. The molecule has 3 aromatic rings. The molecule has 0 radical (unpaired) electrons. The summed E-state index contributed by atoms with van der Waals surface area (Å²) < 4.78 is 40.0. The number of ether oxygens (including phenoxy) is 2. The van der Waals surface area contributed by atoms with E-state index in [4.69, 9.17) is 9.47 Å². The molecule has 9 nitrogen and oxygen atoms in total. The molecule has 1 unspecified atom stereocenters. The summed E-state index contributed by atoms with van der Waals surface area (Å²) >= 11 is 3.44. The van der Waals surface area contributed by atoms with Gasteiger partial charge in [0.15, 0.2) is 11.5 Å². The fourth-order valence-corrected chi connectivity index (χ4v) is 5.93. The van der Waals surface area contributed by atoms with E-state index in [1.165, 1.54) is 11.8 Å². The average Bonchev–Trinajstić information content (AvgIpc) is 3.01. The molecule has 0 aliphatic carbocycles. The first-order chi connectivity index (χ1) is 20.2. The molecule has 0 saturated heterocycles. The fourth-order valence-electron chi connectivity index (χ4n) is 4.61. The molecule has 11 heteroatoms. The number of carbonyl (C=O) groups excluding carboxylic acids is 2. The lowest BCUT2D eigenvalue weighted by atomic mass is 10.0. The van der Waals surface area contributed by atoms with Crippen molar-refractivity contribution < 1.29 is 27.5 Å². The number of nitrogens with zero attached hydrogens (tertiary/aromatic N) is 2. The molecule has 1 N–H and O–H groups in total. The van der Waals surface area contributed by atoms with E-state index in [9.17, 15) is 18.0 Å². The van der Waals surface area contributed by atoms with Crippen LogP contribution in [-0.4, -0.2) is 63.2 Å². The molecule has 0 saturated carbocycles. The van der Waals surface area contributed by atoms with E-state index in [2.05, 4.69) is 21.2 Å². The van der Waals surface area contributed by atoms with E-state index in [0.717, 1.165) is 26.3 Å². The van der Waals surface area contributed by atoms with Gasteiger partial charge in [-0.3, -0.25) is 13.9 Å². The topological polar surface area (TPSA) is 105 Å². The van der Waals surface area contributed by atoms with Crippen molar-refractivity contribution in [3.05, 3.63) is 88.4 Å². The quantitative estimate of drug-likeness (QED) is 0.289. The molecule has 0 spiro atoms. The van der Waals surface area contributed by atoms with Crippen LogP contribution >= 0.6 is 15.9 Å². The largest absolute Gasteiger partial charge is 0.486 e. The van der Waals surface area contributed by atoms with Crippen LogP contribution in [0.15, 0.2) is 77.3 Å². The van der Waals surface area contributed by atoms with Crippen LogP contribution < -0.4 is 19.1 Å². The SMILES string of the molecule is CCCNC(=O)C(Cc1ccccc1)N(Cc1ccc(Br)cc1)C(=O)CN(c1ccc2c(c1)OCCO2)S(=O)(=O)CC. The van der Waals surface area contributed by atoms with Crippen molar-refractivity contribution in [1.82, 2.24) is 10.2 Å². The van der Waals surface area contributed by atoms with Gasteiger partial charge in [0, 0.05) is 30.0 Å². The Morgan fingerprint density at radius 3 is 2.29 bits per heavy atom. The minimum absolute atomic E-state index is 0.115. The van der Waals surface area contributed by atoms with Gasteiger partial charge in [-0.2, -0.15) is 0 Å². The van der Waals surface area contributed by atoms with Crippen LogP contribution in [0.25, 0.3) is 0 Å². The zero-order valence-electron chi connectivity index (χ0n) is 23.8. The summed E-state index contributed by atoms with van der Waals surface area (Å²) in [6.45, 7) is 4.31. The van der Waals surface area contributed by atoms with Crippen molar-refractivity contribution in [3.8, 4) is 11.5 Å². The molecule has 1 aliphatic heterocycles. The van der Waals surface area contributed by atoms with Crippen LogP contribution in [0.1, 0.15) is 31.4 Å². The Bertz CT molecular complexity index is 1470. The number of fused-ring (bicyclic) bond motifs is 1. The first-order valence-electron chi connectivity index (χ1n) is 14.0. The number of amides is 2. The van der Waals surface area contributed by atoms with Crippen molar-refractivity contribution in [2.45, 2.75) is 39.3 Å². The van der Waals surface area contributed by atoms with E-state index in [1.807, 2.05) is 61.5 Å². The zero-order valence-corrected chi connectivity index (χ0v) is 26.2. The van der Waals surface area contributed by atoms with Gasteiger partial charge >= 0.3 is 0 Å². The Morgan fingerprint density at radius 2 is 1.62 bits per heavy atom. The molecule has 42 heavy (non-hydrogen) atoms. The minimum Gasteiger partial charge on any atom is -0.486 e. The summed E-state index contributed by atoms with van der Waals surface area (Å²) in [6, 6.07) is 20.9. The van der Waals surface area contributed by atoms with E-state index < -0.39 is 28.5 Å². The summed E-state index contributed by atoms with van der Waals surface area (Å²) in [6.07, 6.45) is 1.00. The summed E-state index contributed by atoms with van der Waals surface area (Å²) in [5.74, 6) is -0.0910. The van der Waals surface area contributed by atoms with Crippen LogP contribution in [0, 0.1) is 0 Å². The average molecular weight is 659 g/mol. The number of halogens is 1. The molecular formula is C31H36BrN3O6S. The van der Waals surface area contributed by atoms with E-state index in [-0.39, 0.29) is 30.3 Å². The Kier molecular flexibility index (Phi) is 10.9. The second kappa shape index (κ2) is 14.6. The lowest BCUT2D eigenvalue weighted by Gasteiger charge is -2.34. The standard InChI is InChI=1S/C31H36BrN3O6S/c1-3-16-33-31(37)27(19-23-8-6-5-7-9-23)34(21-24-10-12-25(32)13-11-24)30(36)22-35(42(38,39)4-2)26-14-15-28-29(20-26)41-18-17-40-28/h5-15,20,27H,3-4,16-19,21-22H2,1-2H3,(H,33,37). The van der Waals surface area contributed by atoms with E-state index >= 15 is 0 Å². The number of benzene rings is 3. The molecule has 1 heterocycles. The van der Waals surface area contributed by atoms with Gasteiger partial charge in [-0.15, -0.1) is 0 Å². The van der Waals surface area contributed by atoms with E-state index in [0.29, 0.717) is 31.3 Å². The van der Waals surface area contributed by atoms with Crippen molar-refractivity contribution in [2.24, 2.45) is 0 Å². The minimum atomic E-state index is -3.88. The second-order valence-electron chi connectivity index (χ2n) is 9.88. The van der Waals surface area contributed by atoms with Gasteiger partial charge in [0.2, 0.25) is 21.8 Å². The third kappa shape index (κ3) is 8.04. The fraction of sp³-hybridized carbons (Fsp3) is 0.355. The molecule has 1 aliphatic rings. The number of hydrogen-bond donors (Lipinski definition) is 1. The molecule has 2 amide bonds. The monoisotopic (exact) mass is 657 g/mol. The van der Waals surface area contributed by atoms with Crippen LogP contribution in [0.2, 0.25) is 0 Å². The highest BCUT2D eigenvalue weighted by atomic mass is 79.9. The molecule has 0 bridgehead atoms. The van der Waals surface area contributed by atoms with Gasteiger partial charge in [0.1, 0.15) is 25.8 Å². The summed E-state index contributed by atoms with van der Waals surface area (Å²) in [5, 5.41) is 2.94. The highest BCUT2D eigenvalue weighted by Gasteiger charge is 2.34. The molecule has 224 valence electrons. The van der Waals surface area contributed by atoms with Crippen molar-refractivity contribution in [2.75, 3.05) is 36.4 Å². The predicted octanol–water partition coefficient (Wildman–Crippen LogP) is 4.54. The maximum atomic E-state index is 14.2. The van der Waals surface area contributed by atoms with Gasteiger partial charge in [0.05, 0.1) is 11.4 Å².